The summed E-state index contributed by atoms with van der Waals surface area (Å²) in [5.74, 6) is -0.854. The maximum absolute atomic E-state index is 13.9. The van der Waals surface area contributed by atoms with E-state index in [1.807, 2.05) is 13.0 Å². The van der Waals surface area contributed by atoms with Crippen molar-refractivity contribution in [2.75, 3.05) is 42.9 Å². The summed E-state index contributed by atoms with van der Waals surface area (Å²) in [6.45, 7) is 8.90. The topological polar surface area (TPSA) is 53.4 Å². The van der Waals surface area contributed by atoms with Crippen LogP contribution in [0.1, 0.15) is 28.5 Å². The number of aryl methyl sites for hydroxylation is 1. The summed E-state index contributed by atoms with van der Waals surface area (Å²) in [4.78, 5) is 17.5. The first kappa shape index (κ1) is 22.8. The number of nitrogens with zero attached hydrogens (tertiary/aromatic N) is 4. The molecule has 9 heteroatoms. The number of hydrogen-bond acceptors (Lipinski definition) is 4. The first-order valence-electron chi connectivity index (χ1n) is 10.9. The molecule has 0 radical (unpaired) electrons. The van der Waals surface area contributed by atoms with Gasteiger partial charge in [-0.05, 0) is 49.4 Å². The third-order valence-electron chi connectivity index (χ3n) is 5.90. The number of para-hydroxylation sites is 1. The van der Waals surface area contributed by atoms with Gasteiger partial charge in [-0.1, -0.05) is 25.1 Å². The Morgan fingerprint density at radius 2 is 1.76 bits per heavy atom. The SMILES string of the molecule is CCN1CCN(c2ccc(NC(=O)c3cnn(-c4ccccc4)c3C(F)(F)F)cc2C)CC1. The Bertz CT molecular complexity index is 1120. The van der Waals surface area contributed by atoms with Crippen molar-refractivity contribution in [2.24, 2.45) is 0 Å². The predicted octanol–water partition coefficient (Wildman–Crippen LogP) is 4.59. The second-order valence-corrected chi connectivity index (χ2v) is 8.03. The second kappa shape index (κ2) is 9.27. The third-order valence-corrected chi connectivity index (χ3v) is 5.90. The van der Waals surface area contributed by atoms with Gasteiger partial charge in [-0.25, -0.2) is 4.68 Å². The number of aromatic nitrogens is 2. The van der Waals surface area contributed by atoms with E-state index < -0.39 is 23.3 Å². The summed E-state index contributed by atoms with van der Waals surface area (Å²) in [7, 11) is 0. The fraction of sp³-hybridized carbons (Fsp3) is 0.333. The van der Waals surface area contributed by atoms with Crippen molar-refractivity contribution in [1.82, 2.24) is 14.7 Å². The molecule has 0 aliphatic carbocycles. The molecule has 0 bridgehead atoms. The van der Waals surface area contributed by atoms with E-state index in [0.717, 1.165) is 54.9 Å². The molecule has 0 unspecified atom stereocenters. The van der Waals surface area contributed by atoms with Gasteiger partial charge in [-0.15, -0.1) is 0 Å². The number of amides is 1. The zero-order valence-electron chi connectivity index (χ0n) is 18.6. The van der Waals surface area contributed by atoms with Crippen LogP contribution in [0.5, 0.6) is 0 Å². The third kappa shape index (κ3) is 4.88. The van der Waals surface area contributed by atoms with Crippen molar-refractivity contribution in [2.45, 2.75) is 20.0 Å². The largest absolute Gasteiger partial charge is 0.434 e. The molecule has 6 nitrogen and oxygen atoms in total. The van der Waals surface area contributed by atoms with Crippen LogP contribution < -0.4 is 10.2 Å². The molecule has 3 aromatic rings. The molecule has 1 aliphatic heterocycles. The first-order valence-corrected chi connectivity index (χ1v) is 10.9. The van der Waals surface area contributed by atoms with Crippen LogP contribution in [0, 0.1) is 6.92 Å². The highest BCUT2D eigenvalue weighted by Crippen LogP contribution is 2.34. The zero-order valence-corrected chi connectivity index (χ0v) is 18.6. The minimum atomic E-state index is -4.75. The van der Waals surface area contributed by atoms with Crippen LogP contribution in [0.4, 0.5) is 24.5 Å². The number of alkyl halides is 3. The van der Waals surface area contributed by atoms with Crippen LogP contribution in [0.25, 0.3) is 5.69 Å². The van der Waals surface area contributed by atoms with Gasteiger partial charge in [-0.3, -0.25) is 4.79 Å². The van der Waals surface area contributed by atoms with E-state index in [2.05, 4.69) is 27.1 Å². The van der Waals surface area contributed by atoms with Gasteiger partial charge in [0.25, 0.3) is 5.91 Å². The van der Waals surface area contributed by atoms with E-state index in [0.29, 0.717) is 5.69 Å². The fourth-order valence-electron chi connectivity index (χ4n) is 4.14. The monoisotopic (exact) mass is 457 g/mol. The minimum Gasteiger partial charge on any atom is -0.369 e. The highest BCUT2D eigenvalue weighted by molar-refractivity contribution is 6.05. The molecule has 0 saturated carbocycles. The molecule has 2 heterocycles. The van der Waals surface area contributed by atoms with E-state index in [4.69, 9.17) is 0 Å². The Morgan fingerprint density at radius 1 is 1.06 bits per heavy atom. The number of hydrogen-bond donors (Lipinski definition) is 1. The summed E-state index contributed by atoms with van der Waals surface area (Å²) < 4.78 is 42.3. The summed E-state index contributed by atoms with van der Waals surface area (Å²) in [5.41, 5.74) is 1.06. The summed E-state index contributed by atoms with van der Waals surface area (Å²) in [6.07, 6.45) is -3.79. The number of nitrogens with one attached hydrogen (secondary N) is 1. The van der Waals surface area contributed by atoms with Crippen molar-refractivity contribution in [3.63, 3.8) is 0 Å². The number of likely N-dealkylation sites (N-methyl/N-ethyl adjacent to an activating group) is 1. The normalized spacial score (nSPS) is 15.0. The van der Waals surface area contributed by atoms with E-state index >= 15 is 0 Å². The highest BCUT2D eigenvalue weighted by atomic mass is 19.4. The van der Waals surface area contributed by atoms with Gasteiger partial charge in [0.05, 0.1) is 17.4 Å². The number of halogens is 3. The highest BCUT2D eigenvalue weighted by Gasteiger charge is 2.40. The van der Waals surface area contributed by atoms with Gasteiger partial charge in [0, 0.05) is 37.6 Å². The molecule has 1 fully saturated rings. The number of carbonyl (C=O) groups excluding carboxylic acids is 1. The van der Waals surface area contributed by atoms with Gasteiger partial charge in [0.2, 0.25) is 0 Å². The zero-order chi connectivity index (χ0) is 23.6. The van der Waals surface area contributed by atoms with Crippen LogP contribution in [-0.2, 0) is 6.18 Å². The van der Waals surface area contributed by atoms with Gasteiger partial charge < -0.3 is 15.1 Å². The average molecular weight is 458 g/mol. The van der Waals surface area contributed by atoms with Gasteiger partial charge in [0.15, 0.2) is 5.69 Å². The van der Waals surface area contributed by atoms with E-state index in [-0.39, 0.29) is 5.69 Å². The summed E-state index contributed by atoms with van der Waals surface area (Å²) in [5, 5.41) is 6.45. The molecular formula is C24H26F3N5O. The standard InChI is InChI=1S/C24H26F3N5O/c1-3-30-11-13-31(14-12-30)21-10-9-18(15-17(21)2)29-23(33)20-16-28-32(22(20)24(25,26)27)19-7-5-4-6-8-19/h4-10,15-16H,3,11-14H2,1-2H3,(H,29,33). The first-order chi connectivity index (χ1) is 15.8. The van der Waals surface area contributed by atoms with Crippen molar-refractivity contribution >= 4 is 17.3 Å². The van der Waals surface area contributed by atoms with Crippen LogP contribution in [-0.4, -0.2) is 53.3 Å². The van der Waals surface area contributed by atoms with Crippen LogP contribution in [0.15, 0.2) is 54.7 Å². The number of rotatable bonds is 5. The van der Waals surface area contributed by atoms with Gasteiger partial charge in [0.1, 0.15) is 0 Å². The maximum Gasteiger partial charge on any atom is 0.434 e. The fourth-order valence-corrected chi connectivity index (χ4v) is 4.14. The Hall–Kier alpha value is -3.33. The number of carbonyl (C=O) groups is 1. The number of piperazine rings is 1. The Balaban J connectivity index is 1.55. The molecule has 0 spiro atoms. The van der Waals surface area contributed by atoms with Crippen molar-refractivity contribution < 1.29 is 18.0 Å². The molecule has 1 N–H and O–H groups in total. The minimum absolute atomic E-state index is 0.229. The summed E-state index contributed by atoms with van der Waals surface area (Å²) in [6, 6.07) is 13.4. The lowest BCUT2D eigenvalue weighted by atomic mass is 10.1. The van der Waals surface area contributed by atoms with E-state index in [9.17, 15) is 18.0 Å². The van der Waals surface area contributed by atoms with E-state index in [1.54, 1.807) is 30.3 Å². The molecule has 1 saturated heterocycles. The molecule has 4 rings (SSSR count). The van der Waals surface area contributed by atoms with Gasteiger partial charge >= 0.3 is 6.18 Å². The molecule has 2 aromatic carbocycles. The lowest BCUT2D eigenvalue weighted by Gasteiger charge is -2.36. The number of anilines is 2. The van der Waals surface area contributed by atoms with Crippen LogP contribution >= 0.6 is 0 Å². The summed E-state index contributed by atoms with van der Waals surface area (Å²) >= 11 is 0. The quantitative estimate of drug-likeness (QED) is 0.609. The number of benzene rings is 2. The predicted molar refractivity (Wildman–Crippen MR) is 122 cm³/mol. The Kier molecular flexibility index (Phi) is 6.42. The maximum atomic E-state index is 13.9. The molecular weight excluding hydrogens is 431 g/mol. The molecule has 0 atom stereocenters. The molecule has 1 amide bonds. The Morgan fingerprint density at radius 3 is 2.36 bits per heavy atom. The van der Waals surface area contributed by atoms with Crippen LogP contribution in [0.3, 0.4) is 0 Å². The van der Waals surface area contributed by atoms with Crippen LogP contribution in [0.2, 0.25) is 0 Å². The second-order valence-electron chi connectivity index (χ2n) is 8.03. The van der Waals surface area contributed by atoms with Crippen molar-refractivity contribution in [1.29, 1.82) is 0 Å². The van der Waals surface area contributed by atoms with Crippen molar-refractivity contribution in [3.8, 4) is 5.69 Å². The smallest absolute Gasteiger partial charge is 0.369 e. The van der Waals surface area contributed by atoms with E-state index in [1.165, 1.54) is 12.1 Å². The van der Waals surface area contributed by atoms with Gasteiger partial charge in [-0.2, -0.15) is 18.3 Å². The molecule has 1 aromatic heterocycles. The molecule has 174 valence electrons. The molecule has 1 aliphatic rings. The lowest BCUT2D eigenvalue weighted by Crippen LogP contribution is -2.46. The Labute approximate surface area is 190 Å². The lowest BCUT2D eigenvalue weighted by molar-refractivity contribution is -0.143. The van der Waals surface area contributed by atoms with Crippen molar-refractivity contribution in [3.05, 3.63) is 71.5 Å². The molecule has 33 heavy (non-hydrogen) atoms. The average Bonchev–Trinajstić information content (AvgIpc) is 3.26.